The molecule has 0 nitrogen and oxygen atoms in total. The van der Waals surface area contributed by atoms with E-state index < -0.39 is 0 Å². The molecule has 0 aliphatic heterocycles. The fourth-order valence-corrected chi connectivity index (χ4v) is 1.33. The third-order valence-corrected chi connectivity index (χ3v) is 2.67. The monoisotopic (exact) mass is 138 g/mol. The molecule has 0 radical (unpaired) electrons. The van der Waals surface area contributed by atoms with E-state index in [0.717, 1.165) is 11.8 Å². The van der Waals surface area contributed by atoms with Crippen LogP contribution >= 0.6 is 0 Å². The van der Waals surface area contributed by atoms with E-state index in [1.165, 1.54) is 19.3 Å². The second-order valence-corrected chi connectivity index (χ2v) is 3.75. The predicted molar refractivity (Wildman–Crippen MR) is 45.9 cm³/mol. The van der Waals surface area contributed by atoms with Crippen LogP contribution < -0.4 is 0 Å². The van der Waals surface area contributed by atoms with E-state index in [9.17, 15) is 0 Å². The van der Waals surface area contributed by atoms with Crippen molar-refractivity contribution in [1.29, 1.82) is 0 Å². The van der Waals surface area contributed by atoms with E-state index in [4.69, 9.17) is 0 Å². The molecule has 0 saturated heterocycles. The first-order valence-corrected chi connectivity index (χ1v) is 4.36. The van der Waals surface area contributed by atoms with Gasteiger partial charge in [-0.3, -0.25) is 0 Å². The lowest BCUT2D eigenvalue weighted by Crippen LogP contribution is -2.05. The molecule has 58 valence electrons. The van der Waals surface area contributed by atoms with Crippen molar-refractivity contribution in [3.63, 3.8) is 0 Å². The quantitative estimate of drug-likeness (QED) is 0.523. The minimum Gasteiger partial charge on any atom is -0.103 e. The lowest BCUT2D eigenvalue weighted by atomic mass is 9.91. The van der Waals surface area contributed by atoms with Crippen molar-refractivity contribution < 1.29 is 0 Å². The van der Waals surface area contributed by atoms with Crippen LogP contribution in [0.3, 0.4) is 0 Å². The van der Waals surface area contributed by atoms with Gasteiger partial charge in [-0.15, -0.1) is 6.58 Å². The van der Waals surface area contributed by atoms with Gasteiger partial charge in [0.2, 0.25) is 0 Å². The molecule has 0 bridgehead atoms. The maximum atomic E-state index is 3.81. The SMILES string of the molecule is C=CC(C)C(C)CC1CC1. The molecule has 1 fully saturated rings. The van der Waals surface area contributed by atoms with Gasteiger partial charge >= 0.3 is 0 Å². The molecule has 10 heavy (non-hydrogen) atoms. The Balaban J connectivity index is 2.17. The zero-order chi connectivity index (χ0) is 7.56. The summed E-state index contributed by atoms with van der Waals surface area (Å²) in [7, 11) is 0. The van der Waals surface area contributed by atoms with Crippen molar-refractivity contribution in [2.75, 3.05) is 0 Å². The van der Waals surface area contributed by atoms with Crippen molar-refractivity contribution >= 4 is 0 Å². The summed E-state index contributed by atoms with van der Waals surface area (Å²) in [4.78, 5) is 0. The molecule has 2 unspecified atom stereocenters. The van der Waals surface area contributed by atoms with Crippen LogP contribution in [0.1, 0.15) is 33.1 Å². The summed E-state index contributed by atoms with van der Waals surface area (Å²) in [6.45, 7) is 8.41. The van der Waals surface area contributed by atoms with E-state index in [-0.39, 0.29) is 0 Å². The molecule has 0 spiro atoms. The maximum absolute atomic E-state index is 3.81. The second kappa shape index (κ2) is 3.23. The van der Waals surface area contributed by atoms with E-state index in [2.05, 4.69) is 26.5 Å². The molecule has 1 rings (SSSR count). The van der Waals surface area contributed by atoms with Crippen LogP contribution in [0, 0.1) is 17.8 Å². The van der Waals surface area contributed by atoms with Gasteiger partial charge in [-0.1, -0.05) is 32.8 Å². The van der Waals surface area contributed by atoms with Gasteiger partial charge in [0.25, 0.3) is 0 Å². The topological polar surface area (TPSA) is 0 Å². The molecule has 0 heteroatoms. The largest absolute Gasteiger partial charge is 0.103 e. The third-order valence-electron chi connectivity index (χ3n) is 2.67. The molecular formula is C10H18. The molecular weight excluding hydrogens is 120 g/mol. The molecule has 0 heterocycles. The standard InChI is InChI=1S/C10H18/c1-4-8(2)9(3)7-10-5-6-10/h4,8-10H,1,5-7H2,2-3H3. The van der Waals surface area contributed by atoms with Crippen LogP contribution in [0.4, 0.5) is 0 Å². The summed E-state index contributed by atoms with van der Waals surface area (Å²) in [5, 5.41) is 0. The second-order valence-electron chi connectivity index (χ2n) is 3.75. The van der Waals surface area contributed by atoms with E-state index in [0.29, 0.717) is 5.92 Å². The lowest BCUT2D eigenvalue weighted by molar-refractivity contribution is 0.406. The average molecular weight is 138 g/mol. The summed E-state index contributed by atoms with van der Waals surface area (Å²) in [5.41, 5.74) is 0. The van der Waals surface area contributed by atoms with Crippen molar-refractivity contribution in [2.45, 2.75) is 33.1 Å². The Morgan fingerprint density at radius 1 is 1.50 bits per heavy atom. The van der Waals surface area contributed by atoms with E-state index >= 15 is 0 Å². The number of hydrogen-bond acceptors (Lipinski definition) is 0. The Morgan fingerprint density at radius 2 is 2.10 bits per heavy atom. The van der Waals surface area contributed by atoms with Crippen LogP contribution in [0.25, 0.3) is 0 Å². The number of hydrogen-bond donors (Lipinski definition) is 0. The van der Waals surface area contributed by atoms with Gasteiger partial charge in [-0.25, -0.2) is 0 Å². The van der Waals surface area contributed by atoms with Crippen molar-refractivity contribution in [3.8, 4) is 0 Å². The summed E-state index contributed by atoms with van der Waals surface area (Å²) >= 11 is 0. The zero-order valence-electron chi connectivity index (χ0n) is 7.14. The highest BCUT2D eigenvalue weighted by Crippen LogP contribution is 2.37. The van der Waals surface area contributed by atoms with Crippen LogP contribution in [0.15, 0.2) is 12.7 Å². The molecule has 1 saturated carbocycles. The van der Waals surface area contributed by atoms with Gasteiger partial charge in [0.1, 0.15) is 0 Å². The van der Waals surface area contributed by atoms with Gasteiger partial charge < -0.3 is 0 Å². The highest BCUT2D eigenvalue weighted by Gasteiger charge is 2.24. The van der Waals surface area contributed by atoms with Crippen molar-refractivity contribution in [2.24, 2.45) is 17.8 Å². The maximum Gasteiger partial charge on any atom is -0.0239 e. The van der Waals surface area contributed by atoms with Crippen molar-refractivity contribution in [1.82, 2.24) is 0 Å². The first-order valence-electron chi connectivity index (χ1n) is 4.36. The van der Waals surface area contributed by atoms with Gasteiger partial charge in [0.15, 0.2) is 0 Å². The first-order chi connectivity index (χ1) is 4.74. The molecule has 0 aromatic carbocycles. The molecule has 0 amide bonds. The Bertz CT molecular complexity index is 111. The molecule has 0 aromatic heterocycles. The van der Waals surface area contributed by atoms with Crippen LogP contribution in [0.5, 0.6) is 0 Å². The Kier molecular flexibility index (Phi) is 2.53. The van der Waals surface area contributed by atoms with E-state index in [1.807, 2.05) is 0 Å². The fraction of sp³-hybridized carbons (Fsp3) is 0.800. The number of allylic oxidation sites excluding steroid dienone is 1. The summed E-state index contributed by atoms with van der Waals surface area (Å²) in [6, 6.07) is 0. The van der Waals surface area contributed by atoms with Gasteiger partial charge in [0.05, 0.1) is 0 Å². The first kappa shape index (κ1) is 7.84. The molecule has 2 atom stereocenters. The van der Waals surface area contributed by atoms with Crippen LogP contribution in [-0.2, 0) is 0 Å². The third kappa shape index (κ3) is 2.17. The predicted octanol–water partition coefficient (Wildman–Crippen LogP) is 3.24. The Hall–Kier alpha value is -0.260. The summed E-state index contributed by atoms with van der Waals surface area (Å²) in [5.74, 6) is 2.63. The summed E-state index contributed by atoms with van der Waals surface area (Å²) < 4.78 is 0. The fourth-order valence-electron chi connectivity index (χ4n) is 1.33. The van der Waals surface area contributed by atoms with Crippen LogP contribution in [0.2, 0.25) is 0 Å². The minimum absolute atomic E-state index is 0.709. The average Bonchev–Trinajstić information content (AvgIpc) is 2.70. The smallest absolute Gasteiger partial charge is 0.0239 e. The molecule has 1 aliphatic rings. The van der Waals surface area contributed by atoms with Gasteiger partial charge in [-0.05, 0) is 24.2 Å². The molecule has 1 aliphatic carbocycles. The lowest BCUT2D eigenvalue weighted by Gasteiger charge is -2.14. The Labute approximate surface area is 64.3 Å². The highest BCUT2D eigenvalue weighted by molar-refractivity contribution is 4.83. The summed E-state index contributed by atoms with van der Waals surface area (Å²) in [6.07, 6.45) is 6.46. The Morgan fingerprint density at radius 3 is 2.50 bits per heavy atom. The van der Waals surface area contributed by atoms with Crippen molar-refractivity contribution in [3.05, 3.63) is 12.7 Å². The van der Waals surface area contributed by atoms with Crippen LogP contribution in [-0.4, -0.2) is 0 Å². The minimum atomic E-state index is 0.709. The number of rotatable bonds is 4. The zero-order valence-corrected chi connectivity index (χ0v) is 7.14. The molecule has 0 N–H and O–H groups in total. The highest BCUT2D eigenvalue weighted by atomic mass is 14.3. The normalized spacial score (nSPS) is 23.8. The van der Waals surface area contributed by atoms with Gasteiger partial charge in [0, 0.05) is 0 Å². The molecule has 0 aromatic rings. The van der Waals surface area contributed by atoms with E-state index in [1.54, 1.807) is 0 Å². The van der Waals surface area contributed by atoms with Gasteiger partial charge in [-0.2, -0.15) is 0 Å².